The molecule has 0 heterocycles. The van der Waals surface area contributed by atoms with Gasteiger partial charge in [-0.15, -0.1) is 11.6 Å². The molecular formula is C12H16ClN3O4S. The van der Waals surface area contributed by atoms with Crippen molar-refractivity contribution in [1.29, 1.82) is 0 Å². The average molecular weight is 334 g/mol. The number of carbonyl (C=O) groups excluding carboxylic acids is 2. The van der Waals surface area contributed by atoms with E-state index in [1.165, 1.54) is 18.2 Å². The molecule has 7 nitrogen and oxygen atoms in total. The second-order valence-corrected chi connectivity index (χ2v) is 6.56. The third-order valence-electron chi connectivity index (χ3n) is 2.57. The highest BCUT2D eigenvalue weighted by molar-refractivity contribution is 7.92. The molecule has 0 radical (unpaired) electrons. The Balaban J connectivity index is 3.02. The molecular weight excluding hydrogens is 318 g/mol. The molecule has 0 saturated carbocycles. The molecule has 0 aliphatic heterocycles. The Bertz CT molecular complexity index is 614. The zero-order valence-corrected chi connectivity index (χ0v) is 12.7. The van der Waals surface area contributed by atoms with Crippen molar-refractivity contribution in [3.05, 3.63) is 29.3 Å². The van der Waals surface area contributed by atoms with Gasteiger partial charge in [0, 0.05) is 17.0 Å². The fourth-order valence-electron chi connectivity index (χ4n) is 1.59. The molecule has 0 bridgehead atoms. The van der Waals surface area contributed by atoms with Gasteiger partial charge in [-0.1, -0.05) is 0 Å². The summed E-state index contributed by atoms with van der Waals surface area (Å²) >= 11 is 5.48. The van der Waals surface area contributed by atoms with Crippen LogP contribution in [-0.4, -0.2) is 31.9 Å². The summed E-state index contributed by atoms with van der Waals surface area (Å²) in [5.74, 6) is -1.33. The number of hydrogen-bond donors (Lipinski definition) is 3. The highest BCUT2D eigenvalue weighted by Gasteiger charge is 2.14. The summed E-state index contributed by atoms with van der Waals surface area (Å²) in [4.78, 5) is 22.4. The van der Waals surface area contributed by atoms with Crippen molar-refractivity contribution in [3.63, 3.8) is 0 Å². The Hall–Kier alpha value is -1.80. The second kappa shape index (κ2) is 7.28. The predicted molar refractivity (Wildman–Crippen MR) is 80.8 cm³/mol. The van der Waals surface area contributed by atoms with Gasteiger partial charge in [-0.3, -0.25) is 14.3 Å². The van der Waals surface area contributed by atoms with Crippen LogP contribution in [-0.2, 0) is 10.0 Å². The van der Waals surface area contributed by atoms with Crippen LogP contribution in [0.2, 0.25) is 0 Å². The molecule has 0 unspecified atom stereocenters. The molecule has 0 spiro atoms. The zero-order chi connectivity index (χ0) is 16.0. The number of rotatable bonds is 8. The molecule has 2 amide bonds. The van der Waals surface area contributed by atoms with E-state index in [4.69, 9.17) is 23.1 Å². The van der Waals surface area contributed by atoms with Crippen LogP contribution in [0.3, 0.4) is 0 Å². The van der Waals surface area contributed by atoms with Gasteiger partial charge in [-0.2, -0.15) is 0 Å². The molecule has 1 rings (SSSR count). The van der Waals surface area contributed by atoms with E-state index in [0.29, 0.717) is 18.7 Å². The van der Waals surface area contributed by atoms with E-state index < -0.39 is 21.8 Å². The van der Waals surface area contributed by atoms with Gasteiger partial charge in [-0.25, -0.2) is 8.42 Å². The van der Waals surface area contributed by atoms with E-state index in [9.17, 15) is 18.0 Å². The topological polar surface area (TPSA) is 132 Å². The van der Waals surface area contributed by atoms with Gasteiger partial charge in [0.25, 0.3) is 0 Å². The predicted octanol–water partition coefficient (Wildman–Crippen LogP) is 0.645. The fraction of sp³-hybridized carbons (Fsp3) is 0.333. The lowest BCUT2D eigenvalue weighted by molar-refractivity contribution is 0.0999. The van der Waals surface area contributed by atoms with Crippen molar-refractivity contribution in [2.75, 3.05) is 16.4 Å². The number of benzene rings is 1. The normalized spacial score (nSPS) is 11.1. The quantitative estimate of drug-likeness (QED) is 0.475. The highest BCUT2D eigenvalue weighted by Crippen LogP contribution is 2.16. The lowest BCUT2D eigenvalue weighted by atomic mass is 10.1. The Labute approximate surface area is 127 Å². The minimum absolute atomic E-state index is 0.00948. The van der Waals surface area contributed by atoms with Crippen LogP contribution in [0.15, 0.2) is 18.2 Å². The molecule has 9 heteroatoms. The lowest BCUT2D eigenvalue weighted by Gasteiger charge is -2.10. The van der Waals surface area contributed by atoms with Crippen LogP contribution in [0.5, 0.6) is 0 Å². The number of anilines is 1. The maximum Gasteiger partial charge on any atom is 0.248 e. The first-order valence-electron chi connectivity index (χ1n) is 6.06. The molecule has 0 atom stereocenters. The van der Waals surface area contributed by atoms with Crippen molar-refractivity contribution in [2.45, 2.75) is 12.8 Å². The van der Waals surface area contributed by atoms with E-state index in [-0.39, 0.29) is 22.6 Å². The Kier molecular flexibility index (Phi) is 5.98. The number of carbonyl (C=O) groups is 2. The Morgan fingerprint density at radius 3 is 2.00 bits per heavy atom. The van der Waals surface area contributed by atoms with Gasteiger partial charge < -0.3 is 11.5 Å². The third-order valence-corrected chi connectivity index (χ3v) is 4.21. The van der Waals surface area contributed by atoms with Crippen LogP contribution in [0, 0.1) is 0 Å². The van der Waals surface area contributed by atoms with Crippen LogP contribution in [0.1, 0.15) is 33.6 Å². The van der Waals surface area contributed by atoms with Crippen molar-refractivity contribution in [1.82, 2.24) is 0 Å². The molecule has 0 saturated heterocycles. The van der Waals surface area contributed by atoms with Gasteiger partial charge in [0.2, 0.25) is 21.8 Å². The van der Waals surface area contributed by atoms with E-state index in [1.807, 2.05) is 0 Å². The number of alkyl halides is 1. The molecule has 1 aromatic carbocycles. The minimum atomic E-state index is -3.60. The van der Waals surface area contributed by atoms with Crippen LogP contribution < -0.4 is 16.2 Å². The smallest absolute Gasteiger partial charge is 0.248 e. The monoisotopic (exact) mass is 333 g/mol. The number of amides is 2. The number of sulfonamides is 1. The molecule has 1 aromatic rings. The van der Waals surface area contributed by atoms with E-state index in [1.54, 1.807) is 0 Å². The van der Waals surface area contributed by atoms with Crippen LogP contribution >= 0.6 is 11.6 Å². The van der Waals surface area contributed by atoms with Gasteiger partial charge in [0.15, 0.2) is 0 Å². The summed E-state index contributed by atoms with van der Waals surface area (Å²) in [6, 6.07) is 3.69. The van der Waals surface area contributed by atoms with Crippen LogP contribution in [0.25, 0.3) is 0 Å². The first-order valence-corrected chi connectivity index (χ1v) is 8.25. The maximum absolute atomic E-state index is 11.9. The summed E-state index contributed by atoms with van der Waals surface area (Å²) in [5.41, 5.74) is 10.3. The number of primary amides is 2. The molecule has 0 aliphatic carbocycles. The SMILES string of the molecule is NC(=O)c1cc(NS(=O)(=O)CCCCCl)cc(C(N)=O)c1. The zero-order valence-electron chi connectivity index (χ0n) is 11.1. The summed E-state index contributed by atoms with van der Waals surface area (Å²) in [6.45, 7) is 0. The van der Waals surface area contributed by atoms with E-state index in [2.05, 4.69) is 4.72 Å². The second-order valence-electron chi connectivity index (χ2n) is 4.34. The largest absolute Gasteiger partial charge is 0.366 e. The van der Waals surface area contributed by atoms with Crippen molar-refractivity contribution in [2.24, 2.45) is 11.5 Å². The first-order chi connectivity index (χ1) is 9.75. The Morgan fingerprint density at radius 2 is 1.57 bits per heavy atom. The molecule has 21 heavy (non-hydrogen) atoms. The summed E-state index contributed by atoms with van der Waals surface area (Å²) in [5, 5.41) is 0. The Morgan fingerprint density at radius 1 is 1.05 bits per heavy atom. The number of unbranched alkanes of at least 4 members (excludes halogenated alkanes) is 1. The van der Waals surface area contributed by atoms with Gasteiger partial charge in [0.05, 0.1) is 11.4 Å². The average Bonchev–Trinajstić information content (AvgIpc) is 2.37. The standard InChI is InChI=1S/C12H16ClN3O4S/c13-3-1-2-4-21(19,20)16-10-6-8(11(14)17)5-9(7-10)12(15)18/h5-7,16H,1-4H2,(H2,14,17)(H2,15,18). The molecule has 0 aromatic heterocycles. The highest BCUT2D eigenvalue weighted by atomic mass is 35.5. The van der Waals surface area contributed by atoms with Crippen LogP contribution in [0.4, 0.5) is 5.69 Å². The van der Waals surface area contributed by atoms with E-state index >= 15 is 0 Å². The van der Waals surface area contributed by atoms with E-state index in [0.717, 1.165) is 0 Å². The fourth-order valence-corrected chi connectivity index (χ4v) is 2.94. The van der Waals surface area contributed by atoms with Gasteiger partial charge in [0.1, 0.15) is 0 Å². The van der Waals surface area contributed by atoms with Crippen molar-refractivity contribution >= 4 is 39.1 Å². The third kappa shape index (κ3) is 5.60. The number of halogens is 1. The van der Waals surface area contributed by atoms with Crippen molar-refractivity contribution < 1.29 is 18.0 Å². The summed E-state index contributed by atoms with van der Waals surface area (Å²) in [6.07, 6.45) is 0.966. The summed E-state index contributed by atoms with van der Waals surface area (Å²) < 4.78 is 26.0. The summed E-state index contributed by atoms with van der Waals surface area (Å²) in [7, 11) is -3.60. The molecule has 0 fully saturated rings. The minimum Gasteiger partial charge on any atom is -0.366 e. The van der Waals surface area contributed by atoms with Crippen molar-refractivity contribution in [3.8, 4) is 0 Å². The number of nitrogens with two attached hydrogens (primary N) is 2. The van der Waals surface area contributed by atoms with Gasteiger partial charge >= 0.3 is 0 Å². The molecule has 116 valence electrons. The molecule has 0 aliphatic rings. The molecule has 5 N–H and O–H groups in total. The lowest BCUT2D eigenvalue weighted by Crippen LogP contribution is -2.20. The first kappa shape index (κ1) is 17.3. The number of nitrogens with one attached hydrogen (secondary N) is 1. The van der Waals surface area contributed by atoms with Gasteiger partial charge in [-0.05, 0) is 31.0 Å². The number of hydrogen-bond acceptors (Lipinski definition) is 4. The maximum atomic E-state index is 11.9.